The number of aromatic nitrogens is 2. The largest absolute Gasteiger partial charge is 0.370 e. The van der Waals surface area contributed by atoms with Gasteiger partial charge in [0.2, 0.25) is 5.91 Å². The Morgan fingerprint density at radius 3 is 3.00 bits per heavy atom. The molecule has 29 heavy (non-hydrogen) atoms. The van der Waals surface area contributed by atoms with E-state index in [1.165, 1.54) is 11.1 Å². The monoisotopic (exact) mass is 389 g/mol. The molecule has 1 amide bonds. The van der Waals surface area contributed by atoms with Gasteiger partial charge in [0.1, 0.15) is 6.04 Å². The Hall–Kier alpha value is -3.12. The Morgan fingerprint density at radius 1 is 1.34 bits per heavy atom. The van der Waals surface area contributed by atoms with Crippen LogP contribution in [0.15, 0.2) is 55.3 Å². The lowest BCUT2D eigenvalue weighted by molar-refractivity contribution is -0.122. The van der Waals surface area contributed by atoms with Crippen molar-refractivity contribution in [1.29, 1.82) is 0 Å². The lowest BCUT2D eigenvalue weighted by Gasteiger charge is -2.22. The van der Waals surface area contributed by atoms with Crippen LogP contribution in [0.3, 0.4) is 0 Å². The van der Waals surface area contributed by atoms with E-state index >= 15 is 0 Å². The first kappa shape index (κ1) is 19.2. The molecule has 4 N–H and O–H groups in total. The Labute approximate surface area is 170 Å². The Morgan fingerprint density at radius 2 is 2.21 bits per heavy atom. The second-order valence-electron chi connectivity index (χ2n) is 7.79. The van der Waals surface area contributed by atoms with Crippen LogP contribution in [-0.2, 0) is 11.3 Å². The number of benzene rings is 2. The van der Waals surface area contributed by atoms with E-state index in [0.717, 1.165) is 35.1 Å². The Bertz CT molecular complexity index is 1040. The maximum atomic E-state index is 13.1. The number of carbonyl (C=O) groups is 1. The van der Waals surface area contributed by atoms with E-state index in [1.807, 2.05) is 44.2 Å². The van der Waals surface area contributed by atoms with Crippen LogP contribution in [0.25, 0.3) is 10.9 Å². The molecule has 1 aliphatic rings. The molecular weight excluding hydrogens is 362 g/mol. The van der Waals surface area contributed by atoms with Gasteiger partial charge in [-0.3, -0.25) is 9.89 Å². The Balaban J connectivity index is 1.67. The zero-order valence-corrected chi connectivity index (χ0v) is 16.8. The number of nitrogens with one attached hydrogen (secondary N) is 4. The number of rotatable bonds is 7. The minimum Gasteiger partial charge on any atom is -0.370 e. The zero-order valence-electron chi connectivity index (χ0n) is 16.8. The molecule has 1 aliphatic heterocycles. The summed E-state index contributed by atoms with van der Waals surface area (Å²) in [7, 11) is 0. The molecule has 0 radical (unpaired) electrons. The number of fused-ring (bicyclic) bond motifs is 2. The fourth-order valence-electron chi connectivity index (χ4n) is 3.97. The number of amides is 1. The fourth-order valence-corrected chi connectivity index (χ4v) is 3.97. The van der Waals surface area contributed by atoms with Crippen LogP contribution in [-0.4, -0.2) is 22.1 Å². The lowest BCUT2D eigenvalue weighted by Crippen LogP contribution is -2.37. The Kier molecular flexibility index (Phi) is 5.36. The average Bonchev–Trinajstić information content (AvgIpc) is 3.32. The zero-order chi connectivity index (χ0) is 20.4. The fraction of sp³-hybridized carbons (Fsp3) is 0.304. The average molecular weight is 390 g/mol. The van der Waals surface area contributed by atoms with E-state index in [9.17, 15) is 4.79 Å². The van der Waals surface area contributed by atoms with Crippen molar-refractivity contribution in [3.63, 3.8) is 0 Å². The third-order valence-corrected chi connectivity index (χ3v) is 5.29. The van der Waals surface area contributed by atoms with Gasteiger partial charge in [0.05, 0.1) is 11.7 Å². The predicted molar refractivity (Wildman–Crippen MR) is 117 cm³/mol. The van der Waals surface area contributed by atoms with E-state index in [1.54, 1.807) is 6.20 Å². The van der Waals surface area contributed by atoms with Gasteiger partial charge < -0.3 is 16.0 Å². The van der Waals surface area contributed by atoms with Crippen molar-refractivity contribution in [2.75, 3.05) is 5.32 Å². The summed E-state index contributed by atoms with van der Waals surface area (Å²) >= 11 is 0. The van der Waals surface area contributed by atoms with Gasteiger partial charge >= 0.3 is 0 Å². The molecule has 0 bridgehead atoms. The van der Waals surface area contributed by atoms with Crippen LogP contribution < -0.4 is 16.0 Å². The number of nitrogens with zero attached hydrogens (tertiary/aromatic N) is 1. The summed E-state index contributed by atoms with van der Waals surface area (Å²) in [4.78, 5) is 13.1. The smallest absolute Gasteiger partial charge is 0.247 e. The van der Waals surface area contributed by atoms with Crippen molar-refractivity contribution >= 4 is 22.5 Å². The summed E-state index contributed by atoms with van der Waals surface area (Å²) in [6.07, 6.45) is 4.62. The molecule has 4 rings (SSSR count). The highest BCUT2D eigenvalue weighted by atomic mass is 16.2. The quantitative estimate of drug-likeness (QED) is 0.461. The highest BCUT2D eigenvalue weighted by molar-refractivity contribution is 5.93. The number of hydrogen-bond donors (Lipinski definition) is 4. The summed E-state index contributed by atoms with van der Waals surface area (Å²) in [5.41, 5.74) is 5.30. The predicted octanol–water partition coefficient (Wildman–Crippen LogP) is 3.96. The minimum absolute atomic E-state index is 0.0548. The number of anilines is 1. The topological polar surface area (TPSA) is 81.8 Å². The van der Waals surface area contributed by atoms with Crippen molar-refractivity contribution in [3.8, 4) is 0 Å². The minimum atomic E-state index is -0.518. The molecule has 150 valence electrons. The molecule has 0 unspecified atom stereocenters. The molecule has 1 aromatic heterocycles. The van der Waals surface area contributed by atoms with Gasteiger partial charge in [0, 0.05) is 29.7 Å². The van der Waals surface area contributed by atoms with Gasteiger partial charge in [-0.1, -0.05) is 24.3 Å². The van der Waals surface area contributed by atoms with Crippen molar-refractivity contribution in [2.45, 2.75) is 44.9 Å². The first-order chi connectivity index (χ1) is 14.1. The SMILES string of the molecule is C=CC[C@H]1NCc2cc(N[C@H](C(=O)NC(C)C)c3cccc4[nH]ncc34)ccc21. The molecule has 0 saturated heterocycles. The third-order valence-electron chi connectivity index (χ3n) is 5.29. The first-order valence-electron chi connectivity index (χ1n) is 10.0. The molecule has 2 aromatic carbocycles. The van der Waals surface area contributed by atoms with Crippen molar-refractivity contribution < 1.29 is 4.79 Å². The molecular formula is C23H27N5O. The van der Waals surface area contributed by atoms with Crippen molar-refractivity contribution in [3.05, 3.63) is 71.9 Å². The molecule has 6 heteroatoms. The summed E-state index contributed by atoms with van der Waals surface area (Å²) in [6, 6.07) is 12.1. The van der Waals surface area contributed by atoms with Crippen LogP contribution in [0.5, 0.6) is 0 Å². The van der Waals surface area contributed by atoms with Crippen molar-refractivity contribution in [1.82, 2.24) is 20.8 Å². The summed E-state index contributed by atoms with van der Waals surface area (Å²) in [6.45, 7) is 8.60. The van der Waals surface area contributed by atoms with Crippen LogP contribution in [0.2, 0.25) is 0 Å². The third kappa shape index (κ3) is 3.89. The van der Waals surface area contributed by atoms with Gasteiger partial charge in [0.25, 0.3) is 0 Å². The van der Waals surface area contributed by atoms with Gasteiger partial charge in [0.15, 0.2) is 0 Å². The number of carbonyl (C=O) groups excluding carboxylic acids is 1. The summed E-state index contributed by atoms with van der Waals surface area (Å²) in [5, 5.41) is 18.1. The van der Waals surface area contributed by atoms with Gasteiger partial charge in [-0.05, 0) is 55.2 Å². The van der Waals surface area contributed by atoms with Gasteiger partial charge in [-0.15, -0.1) is 6.58 Å². The van der Waals surface area contributed by atoms with E-state index < -0.39 is 6.04 Å². The van der Waals surface area contributed by atoms with Crippen LogP contribution >= 0.6 is 0 Å². The molecule has 0 fully saturated rings. The van der Waals surface area contributed by atoms with E-state index in [4.69, 9.17) is 0 Å². The summed E-state index contributed by atoms with van der Waals surface area (Å²) in [5.74, 6) is -0.0585. The maximum absolute atomic E-state index is 13.1. The molecule has 0 saturated carbocycles. The molecule has 3 aromatic rings. The second-order valence-corrected chi connectivity index (χ2v) is 7.79. The molecule has 6 nitrogen and oxygen atoms in total. The molecule has 0 aliphatic carbocycles. The lowest BCUT2D eigenvalue weighted by atomic mass is 9.99. The molecule has 0 spiro atoms. The van der Waals surface area contributed by atoms with Gasteiger partial charge in [-0.25, -0.2) is 0 Å². The van der Waals surface area contributed by atoms with Gasteiger partial charge in [-0.2, -0.15) is 5.10 Å². The highest BCUT2D eigenvalue weighted by Crippen LogP contribution is 2.32. The summed E-state index contributed by atoms with van der Waals surface area (Å²) < 4.78 is 0. The first-order valence-corrected chi connectivity index (χ1v) is 10.0. The second kappa shape index (κ2) is 8.09. The number of hydrogen-bond acceptors (Lipinski definition) is 4. The normalized spacial score (nSPS) is 16.6. The van der Waals surface area contributed by atoms with Crippen LogP contribution in [0.1, 0.15) is 49.0 Å². The van der Waals surface area contributed by atoms with Crippen LogP contribution in [0, 0.1) is 0 Å². The van der Waals surface area contributed by atoms with E-state index in [2.05, 4.69) is 44.9 Å². The maximum Gasteiger partial charge on any atom is 0.247 e. The number of aromatic amines is 1. The number of H-pyrrole nitrogens is 1. The standard InChI is InChI=1S/C23H27N5O/c1-4-6-20-17-10-9-16(11-15(17)12-24-20)27-22(23(29)26-14(2)3)18-7-5-8-21-19(18)13-25-28-21/h4-5,7-11,13-14,20,22,24,27H,1,6,12H2,2-3H3,(H,25,28)(H,26,29)/t20-,22+/m1/s1. The van der Waals surface area contributed by atoms with E-state index in [-0.39, 0.29) is 11.9 Å². The van der Waals surface area contributed by atoms with Crippen molar-refractivity contribution in [2.24, 2.45) is 0 Å². The van der Waals surface area contributed by atoms with Crippen LogP contribution in [0.4, 0.5) is 5.69 Å². The molecule has 2 atom stereocenters. The van der Waals surface area contributed by atoms with E-state index in [0.29, 0.717) is 6.04 Å². The molecule has 2 heterocycles. The highest BCUT2D eigenvalue weighted by Gasteiger charge is 2.25.